The summed E-state index contributed by atoms with van der Waals surface area (Å²) in [5.74, 6) is -0.500. The molecule has 3 aliphatic carbocycles. The van der Waals surface area contributed by atoms with Gasteiger partial charge in [-0.1, -0.05) is 38.3 Å². The lowest BCUT2D eigenvalue weighted by molar-refractivity contribution is -0.162. The van der Waals surface area contributed by atoms with Crippen molar-refractivity contribution in [2.24, 2.45) is 15.8 Å². The number of aliphatic imine (C=N–C) groups is 1. The molecule has 4 heteroatoms. The highest BCUT2D eigenvalue weighted by atomic mass is 32.1. The summed E-state index contributed by atoms with van der Waals surface area (Å²) >= 11 is 4.66. The number of isothiocyanates is 1. The molecule has 1 unspecified atom stereocenters. The largest absolute Gasteiger partial charge is 0.481 e. The minimum absolute atomic E-state index is 0.111. The average molecular weight is 358 g/mol. The number of fused-ring (bicyclic) bond motifs is 3. The van der Waals surface area contributed by atoms with Gasteiger partial charge in [-0.2, -0.15) is 4.99 Å². The molecule has 1 atom stereocenters. The van der Waals surface area contributed by atoms with Crippen molar-refractivity contribution >= 4 is 29.0 Å². The number of thiocarbonyl (C=S) groups is 1. The van der Waals surface area contributed by atoms with E-state index in [1.165, 1.54) is 25.7 Å². The van der Waals surface area contributed by atoms with Crippen molar-refractivity contribution in [3.63, 3.8) is 0 Å². The summed E-state index contributed by atoms with van der Waals surface area (Å²) in [4.78, 5) is 16.2. The molecule has 25 heavy (non-hydrogen) atoms. The molecule has 0 spiro atoms. The van der Waals surface area contributed by atoms with Gasteiger partial charge in [0.15, 0.2) is 0 Å². The van der Waals surface area contributed by atoms with E-state index in [2.05, 4.69) is 29.3 Å². The Hall–Kier alpha value is -1.51. The first-order valence-electron chi connectivity index (χ1n) is 9.46. The molecule has 0 heterocycles. The molecule has 1 aromatic carbocycles. The molecule has 134 valence electrons. The number of hydrogen-bond acceptors (Lipinski definition) is 3. The average Bonchev–Trinajstić information content (AvgIpc) is 2.63. The third kappa shape index (κ3) is 3.43. The van der Waals surface area contributed by atoms with E-state index in [4.69, 9.17) is 0 Å². The topological polar surface area (TPSA) is 49.7 Å². The zero-order valence-electron chi connectivity index (χ0n) is 15.0. The van der Waals surface area contributed by atoms with Crippen LogP contribution in [0.2, 0.25) is 0 Å². The van der Waals surface area contributed by atoms with Crippen LogP contribution in [0.5, 0.6) is 0 Å². The molecule has 3 saturated carbocycles. The van der Waals surface area contributed by atoms with Crippen molar-refractivity contribution in [2.75, 3.05) is 0 Å². The molecule has 4 rings (SSSR count). The van der Waals surface area contributed by atoms with E-state index < -0.39 is 11.4 Å². The summed E-state index contributed by atoms with van der Waals surface area (Å²) in [6, 6.07) is 7.94. The molecule has 2 bridgehead atoms. The highest BCUT2D eigenvalue weighted by molar-refractivity contribution is 7.78. The number of aliphatic carboxylic acids is 1. The second-order valence-corrected chi connectivity index (χ2v) is 8.15. The maximum absolute atomic E-state index is 12.2. The first-order chi connectivity index (χ1) is 12.1. The Morgan fingerprint density at radius 3 is 2.48 bits per heavy atom. The first kappa shape index (κ1) is 18.3. The lowest BCUT2D eigenvalue weighted by atomic mass is 9.47. The maximum atomic E-state index is 12.2. The van der Waals surface area contributed by atoms with E-state index in [0.29, 0.717) is 5.41 Å². The Balaban J connectivity index is 1.88. The van der Waals surface area contributed by atoms with Gasteiger partial charge in [-0.3, -0.25) is 4.79 Å². The van der Waals surface area contributed by atoms with Crippen LogP contribution in [0.1, 0.15) is 76.2 Å². The molecule has 0 radical (unpaired) electrons. The number of rotatable bonds is 7. The SMILES string of the molecule is CCCCCC12CCC(C(=O)O)(CC1)C(c1ccc(N=C=S)cc1)C2. The summed E-state index contributed by atoms with van der Waals surface area (Å²) < 4.78 is 0. The summed E-state index contributed by atoms with van der Waals surface area (Å²) in [5.41, 5.74) is 1.69. The van der Waals surface area contributed by atoms with Gasteiger partial charge in [0, 0.05) is 5.92 Å². The molecule has 0 saturated heterocycles. The van der Waals surface area contributed by atoms with E-state index in [1.807, 2.05) is 24.3 Å². The van der Waals surface area contributed by atoms with Crippen molar-refractivity contribution in [3.05, 3.63) is 29.8 Å². The van der Waals surface area contributed by atoms with Crippen LogP contribution in [0.4, 0.5) is 5.69 Å². The molecule has 1 N–H and O–H groups in total. The molecule has 1 aromatic rings. The lowest BCUT2D eigenvalue weighted by Gasteiger charge is -2.56. The van der Waals surface area contributed by atoms with E-state index in [-0.39, 0.29) is 5.92 Å². The molecular formula is C21H27NO2S. The quantitative estimate of drug-likeness (QED) is 0.363. The number of nitrogens with zero attached hydrogens (tertiary/aromatic N) is 1. The van der Waals surface area contributed by atoms with Crippen molar-refractivity contribution < 1.29 is 9.90 Å². The standard InChI is InChI=1S/C21H27NO2S/c1-2-3-4-9-20-10-12-21(13-11-20,19(23)24)18(14-20)16-5-7-17(8-6-16)22-15-25/h5-8,18H,2-4,9-14H2,1H3,(H,23,24). The fourth-order valence-electron chi connectivity index (χ4n) is 5.14. The Morgan fingerprint density at radius 1 is 1.24 bits per heavy atom. The molecule has 0 aliphatic heterocycles. The van der Waals surface area contributed by atoms with Gasteiger partial charge in [0.05, 0.1) is 16.3 Å². The summed E-state index contributed by atoms with van der Waals surface area (Å²) in [7, 11) is 0. The van der Waals surface area contributed by atoms with E-state index in [9.17, 15) is 9.90 Å². The summed E-state index contributed by atoms with van der Waals surface area (Å²) in [6.45, 7) is 2.24. The smallest absolute Gasteiger partial charge is 0.310 e. The summed E-state index contributed by atoms with van der Waals surface area (Å²) in [6.07, 6.45) is 9.84. The highest BCUT2D eigenvalue weighted by Gasteiger charge is 2.58. The van der Waals surface area contributed by atoms with Crippen LogP contribution in [0.25, 0.3) is 0 Å². The van der Waals surface area contributed by atoms with Crippen LogP contribution in [-0.4, -0.2) is 16.2 Å². The third-order valence-corrected chi connectivity index (χ3v) is 6.81. The minimum Gasteiger partial charge on any atom is -0.481 e. The van der Waals surface area contributed by atoms with Gasteiger partial charge >= 0.3 is 5.97 Å². The molecule has 3 aliphatic rings. The number of unbranched alkanes of at least 4 members (excludes halogenated alkanes) is 2. The van der Waals surface area contributed by atoms with Crippen molar-refractivity contribution in [1.29, 1.82) is 0 Å². The van der Waals surface area contributed by atoms with E-state index in [1.54, 1.807) is 0 Å². The highest BCUT2D eigenvalue weighted by Crippen LogP contribution is 2.64. The van der Waals surface area contributed by atoms with Crippen LogP contribution >= 0.6 is 12.2 Å². The molecule has 0 aromatic heterocycles. The van der Waals surface area contributed by atoms with E-state index >= 15 is 0 Å². The summed E-state index contributed by atoms with van der Waals surface area (Å²) in [5, 5.41) is 12.4. The molecule has 3 nitrogen and oxygen atoms in total. The number of carboxylic acid groups (broad SMARTS) is 1. The molecule has 0 amide bonds. The van der Waals surface area contributed by atoms with E-state index in [0.717, 1.165) is 43.4 Å². The maximum Gasteiger partial charge on any atom is 0.310 e. The normalized spacial score (nSPS) is 30.7. The zero-order valence-corrected chi connectivity index (χ0v) is 15.8. The monoisotopic (exact) mass is 357 g/mol. The van der Waals surface area contributed by atoms with Gasteiger partial charge in [0.2, 0.25) is 0 Å². The van der Waals surface area contributed by atoms with Gasteiger partial charge in [0.1, 0.15) is 0 Å². The predicted octanol–water partition coefficient (Wildman–Crippen LogP) is 6.12. The van der Waals surface area contributed by atoms with Gasteiger partial charge in [0.25, 0.3) is 0 Å². The second-order valence-electron chi connectivity index (χ2n) is 7.97. The predicted molar refractivity (Wildman–Crippen MR) is 104 cm³/mol. The van der Waals surface area contributed by atoms with Crippen molar-refractivity contribution in [1.82, 2.24) is 0 Å². The zero-order chi connectivity index (χ0) is 17.9. The number of carboxylic acids is 1. The van der Waals surface area contributed by atoms with Crippen molar-refractivity contribution in [3.8, 4) is 0 Å². The fourth-order valence-corrected chi connectivity index (χ4v) is 5.25. The fraction of sp³-hybridized carbons (Fsp3) is 0.619. The third-order valence-electron chi connectivity index (χ3n) is 6.71. The van der Waals surface area contributed by atoms with Crippen LogP contribution < -0.4 is 0 Å². The second kappa shape index (κ2) is 7.39. The van der Waals surface area contributed by atoms with Gasteiger partial charge < -0.3 is 5.11 Å². The van der Waals surface area contributed by atoms with Crippen LogP contribution in [0.3, 0.4) is 0 Å². The van der Waals surface area contributed by atoms with Gasteiger partial charge in [-0.05, 0) is 73.9 Å². The van der Waals surface area contributed by atoms with Crippen LogP contribution in [0.15, 0.2) is 29.3 Å². The minimum atomic E-state index is -0.611. The number of benzene rings is 1. The lowest BCUT2D eigenvalue weighted by Crippen LogP contribution is -2.50. The molecular weight excluding hydrogens is 330 g/mol. The van der Waals surface area contributed by atoms with Gasteiger partial charge in [-0.15, -0.1) is 0 Å². The van der Waals surface area contributed by atoms with Crippen LogP contribution in [-0.2, 0) is 4.79 Å². The van der Waals surface area contributed by atoms with Crippen LogP contribution in [0, 0.1) is 10.8 Å². The van der Waals surface area contributed by atoms with Crippen molar-refractivity contribution in [2.45, 2.75) is 70.6 Å². The Kier molecular flexibility index (Phi) is 5.41. The first-order valence-corrected chi connectivity index (χ1v) is 9.87. The van der Waals surface area contributed by atoms with Gasteiger partial charge in [-0.25, -0.2) is 0 Å². The Morgan fingerprint density at radius 2 is 1.92 bits per heavy atom. The Bertz CT molecular complexity index is 668. The number of hydrogen-bond donors (Lipinski definition) is 1. The number of carbonyl (C=O) groups is 1. The Labute approximate surface area is 155 Å². The molecule has 3 fully saturated rings.